The van der Waals surface area contributed by atoms with Gasteiger partial charge in [0.15, 0.2) is 0 Å². The lowest BCUT2D eigenvalue weighted by atomic mass is 10.0. The van der Waals surface area contributed by atoms with Gasteiger partial charge in [0, 0.05) is 6.42 Å². The first-order valence-corrected chi connectivity index (χ1v) is 4.29. The van der Waals surface area contributed by atoms with E-state index >= 15 is 0 Å². The molecule has 1 aliphatic heterocycles. The first-order chi connectivity index (χ1) is 5.59. The Kier molecular flexibility index (Phi) is 3.26. The molecule has 0 radical (unpaired) electrons. The van der Waals surface area contributed by atoms with E-state index in [9.17, 15) is 5.11 Å². The summed E-state index contributed by atoms with van der Waals surface area (Å²) in [5, 5.41) is 18.5. The van der Waals surface area contributed by atoms with Crippen molar-refractivity contribution in [2.75, 3.05) is 0 Å². The lowest BCUT2D eigenvalue weighted by Gasteiger charge is -2.28. The highest BCUT2D eigenvalue weighted by Crippen LogP contribution is 2.16. The van der Waals surface area contributed by atoms with E-state index in [1.165, 1.54) is 0 Å². The third-order valence-corrected chi connectivity index (χ3v) is 1.92. The molecule has 1 heterocycles. The molecule has 70 valence electrons. The van der Waals surface area contributed by atoms with Crippen LogP contribution in [0.5, 0.6) is 0 Å². The standard InChI is InChI=1S/C9H16O3/c1-6(10)5-9-8(11)4-3-7(2)12-9/h3-4,6-11H,5H2,1-2H3/t6-,7-,8+,9+/m1/s1. The van der Waals surface area contributed by atoms with Gasteiger partial charge in [-0.05, 0) is 13.8 Å². The molecule has 0 aromatic heterocycles. The van der Waals surface area contributed by atoms with Crippen molar-refractivity contribution in [3.05, 3.63) is 12.2 Å². The van der Waals surface area contributed by atoms with E-state index in [0.717, 1.165) is 0 Å². The van der Waals surface area contributed by atoms with Gasteiger partial charge in [-0.15, -0.1) is 0 Å². The van der Waals surface area contributed by atoms with Crippen LogP contribution in [0.3, 0.4) is 0 Å². The minimum atomic E-state index is -0.573. The molecular weight excluding hydrogens is 156 g/mol. The van der Waals surface area contributed by atoms with Gasteiger partial charge in [0.25, 0.3) is 0 Å². The molecule has 0 amide bonds. The molecule has 0 aromatic carbocycles. The van der Waals surface area contributed by atoms with Crippen LogP contribution in [0.25, 0.3) is 0 Å². The van der Waals surface area contributed by atoms with Crippen molar-refractivity contribution in [2.45, 2.75) is 44.7 Å². The third kappa shape index (κ3) is 2.59. The molecule has 4 atom stereocenters. The van der Waals surface area contributed by atoms with Crippen LogP contribution in [-0.2, 0) is 4.74 Å². The Bertz CT molecular complexity index is 165. The lowest BCUT2D eigenvalue weighted by molar-refractivity contribution is -0.0682. The Morgan fingerprint density at radius 3 is 2.75 bits per heavy atom. The fourth-order valence-corrected chi connectivity index (χ4v) is 1.33. The van der Waals surface area contributed by atoms with Crippen molar-refractivity contribution >= 4 is 0 Å². The molecule has 0 saturated carbocycles. The van der Waals surface area contributed by atoms with Gasteiger partial charge in [-0.2, -0.15) is 0 Å². The zero-order valence-corrected chi connectivity index (χ0v) is 7.47. The van der Waals surface area contributed by atoms with Crippen LogP contribution in [0, 0.1) is 0 Å². The highest BCUT2D eigenvalue weighted by molar-refractivity contribution is 5.01. The number of rotatable bonds is 2. The summed E-state index contributed by atoms with van der Waals surface area (Å²) in [6.45, 7) is 3.61. The van der Waals surface area contributed by atoms with Gasteiger partial charge < -0.3 is 14.9 Å². The quantitative estimate of drug-likeness (QED) is 0.595. The van der Waals surface area contributed by atoms with Crippen LogP contribution < -0.4 is 0 Å². The first-order valence-electron chi connectivity index (χ1n) is 4.29. The highest BCUT2D eigenvalue weighted by atomic mass is 16.5. The molecule has 0 bridgehead atoms. The molecule has 1 aliphatic rings. The summed E-state index contributed by atoms with van der Waals surface area (Å²) >= 11 is 0. The average molecular weight is 172 g/mol. The predicted molar refractivity (Wildman–Crippen MR) is 45.8 cm³/mol. The summed E-state index contributed by atoms with van der Waals surface area (Å²) in [6.07, 6.45) is 2.81. The Hall–Kier alpha value is -0.380. The monoisotopic (exact) mass is 172 g/mol. The Labute approximate surface area is 72.7 Å². The van der Waals surface area contributed by atoms with Crippen LogP contribution >= 0.6 is 0 Å². The van der Waals surface area contributed by atoms with Crippen molar-refractivity contribution in [1.29, 1.82) is 0 Å². The molecule has 0 fully saturated rings. The van der Waals surface area contributed by atoms with Gasteiger partial charge in [0.1, 0.15) is 0 Å². The smallest absolute Gasteiger partial charge is 0.0984 e. The number of aliphatic hydroxyl groups is 2. The van der Waals surface area contributed by atoms with E-state index in [2.05, 4.69) is 0 Å². The van der Waals surface area contributed by atoms with Crippen molar-refractivity contribution in [2.24, 2.45) is 0 Å². The van der Waals surface area contributed by atoms with Crippen molar-refractivity contribution in [1.82, 2.24) is 0 Å². The van der Waals surface area contributed by atoms with Gasteiger partial charge in [-0.3, -0.25) is 0 Å². The second-order valence-corrected chi connectivity index (χ2v) is 3.34. The second-order valence-electron chi connectivity index (χ2n) is 3.34. The number of hydrogen-bond donors (Lipinski definition) is 2. The van der Waals surface area contributed by atoms with E-state index in [0.29, 0.717) is 6.42 Å². The highest BCUT2D eigenvalue weighted by Gasteiger charge is 2.24. The number of hydrogen-bond acceptors (Lipinski definition) is 3. The van der Waals surface area contributed by atoms with Gasteiger partial charge in [0.2, 0.25) is 0 Å². The van der Waals surface area contributed by atoms with Gasteiger partial charge in [0.05, 0.1) is 24.4 Å². The molecule has 0 saturated heterocycles. The Morgan fingerprint density at radius 1 is 1.50 bits per heavy atom. The van der Waals surface area contributed by atoms with E-state index in [1.807, 2.05) is 13.0 Å². The summed E-state index contributed by atoms with van der Waals surface area (Å²) in [5.41, 5.74) is 0. The van der Waals surface area contributed by atoms with Gasteiger partial charge in [-0.25, -0.2) is 0 Å². The molecule has 2 N–H and O–H groups in total. The third-order valence-electron chi connectivity index (χ3n) is 1.92. The van der Waals surface area contributed by atoms with Crippen LogP contribution in [0.2, 0.25) is 0 Å². The molecule has 1 rings (SSSR count). The minimum Gasteiger partial charge on any atom is -0.393 e. The minimum absolute atomic E-state index is 0.0390. The van der Waals surface area contributed by atoms with Crippen LogP contribution in [0.1, 0.15) is 20.3 Å². The molecule has 0 spiro atoms. The number of ether oxygens (including phenoxy) is 1. The maximum atomic E-state index is 9.41. The molecule has 12 heavy (non-hydrogen) atoms. The zero-order chi connectivity index (χ0) is 9.14. The normalized spacial score (nSPS) is 38.2. The van der Waals surface area contributed by atoms with E-state index in [-0.39, 0.29) is 12.2 Å². The molecule has 3 heteroatoms. The molecule has 0 aromatic rings. The molecular formula is C9H16O3. The molecule has 0 aliphatic carbocycles. The largest absolute Gasteiger partial charge is 0.393 e. The summed E-state index contributed by atoms with van der Waals surface area (Å²) in [6, 6.07) is 0. The zero-order valence-electron chi connectivity index (χ0n) is 7.47. The molecule has 3 nitrogen and oxygen atoms in total. The van der Waals surface area contributed by atoms with Gasteiger partial charge in [-0.1, -0.05) is 12.2 Å². The van der Waals surface area contributed by atoms with Crippen LogP contribution in [0.15, 0.2) is 12.2 Å². The SMILES string of the molecule is C[C@@H]1C=C[C@H](O)[C@H](C[C@@H](C)O)O1. The first kappa shape index (κ1) is 9.71. The fraction of sp³-hybridized carbons (Fsp3) is 0.778. The van der Waals surface area contributed by atoms with E-state index in [1.54, 1.807) is 13.0 Å². The van der Waals surface area contributed by atoms with Gasteiger partial charge >= 0.3 is 0 Å². The van der Waals surface area contributed by atoms with Crippen molar-refractivity contribution in [3.8, 4) is 0 Å². The maximum Gasteiger partial charge on any atom is 0.0984 e. The fourth-order valence-electron chi connectivity index (χ4n) is 1.33. The topological polar surface area (TPSA) is 49.7 Å². The Morgan fingerprint density at radius 2 is 2.17 bits per heavy atom. The molecule has 0 unspecified atom stereocenters. The average Bonchev–Trinajstić information content (AvgIpc) is 1.96. The lowest BCUT2D eigenvalue weighted by Crippen LogP contribution is -2.36. The summed E-state index contributed by atoms with van der Waals surface area (Å²) in [5.74, 6) is 0. The Balaban J connectivity index is 2.48. The number of aliphatic hydroxyl groups excluding tert-OH is 2. The second kappa shape index (κ2) is 4.03. The summed E-state index contributed by atoms with van der Waals surface area (Å²) < 4.78 is 5.41. The summed E-state index contributed by atoms with van der Waals surface area (Å²) in [7, 11) is 0. The van der Waals surface area contributed by atoms with Crippen molar-refractivity contribution in [3.63, 3.8) is 0 Å². The summed E-state index contributed by atoms with van der Waals surface area (Å²) in [4.78, 5) is 0. The van der Waals surface area contributed by atoms with E-state index in [4.69, 9.17) is 9.84 Å². The van der Waals surface area contributed by atoms with Crippen molar-refractivity contribution < 1.29 is 14.9 Å². The maximum absolute atomic E-state index is 9.41. The van der Waals surface area contributed by atoms with E-state index < -0.39 is 12.2 Å². The van der Waals surface area contributed by atoms with Crippen LogP contribution in [0.4, 0.5) is 0 Å². The predicted octanol–water partition coefficient (Wildman–Crippen LogP) is 0.462. The van der Waals surface area contributed by atoms with Crippen LogP contribution in [-0.4, -0.2) is 34.6 Å².